The van der Waals surface area contributed by atoms with E-state index in [0.29, 0.717) is 0 Å². The summed E-state index contributed by atoms with van der Waals surface area (Å²) in [5.41, 5.74) is 0. The summed E-state index contributed by atoms with van der Waals surface area (Å²) < 4.78 is 0. The first-order valence-corrected chi connectivity index (χ1v) is 6.43. The van der Waals surface area contributed by atoms with Gasteiger partial charge in [0, 0.05) is 6.04 Å². The van der Waals surface area contributed by atoms with Crippen LogP contribution in [0.3, 0.4) is 0 Å². The second-order valence-corrected chi connectivity index (χ2v) is 5.15. The summed E-state index contributed by atoms with van der Waals surface area (Å²) in [5.74, 6) is 1.95. The Morgan fingerprint density at radius 3 is 2.79 bits per heavy atom. The first-order chi connectivity index (χ1) is 6.76. The number of nitrogens with one attached hydrogen (secondary N) is 1. The van der Waals surface area contributed by atoms with Gasteiger partial charge in [-0.15, -0.1) is 0 Å². The summed E-state index contributed by atoms with van der Waals surface area (Å²) in [5, 5.41) is 3.44. The lowest BCUT2D eigenvalue weighted by molar-refractivity contribution is 0.250. The average Bonchev–Trinajstić information content (AvgIpc) is 2.18. The molecule has 0 aromatic carbocycles. The van der Waals surface area contributed by atoms with Crippen LogP contribution in [0.1, 0.15) is 58.8 Å². The maximum absolute atomic E-state index is 3.44. The van der Waals surface area contributed by atoms with Crippen molar-refractivity contribution < 1.29 is 0 Å². The first-order valence-electron chi connectivity index (χ1n) is 6.43. The Morgan fingerprint density at radius 1 is 1.36 bits per heavy atom. The lowest BCUT2D eigenvalue weighted by atomic mass is 9.80. The van der Waals surface area contributed by atoms with E-state index in [4.69, 9.17) is 0 Å². The molecule has 0 amide bonds. The fraction of sp³-hybridized carbons (Fsp3) is 1.00. The van der Waals surface area contributed by atoms with Crippen LogP contribution in [0.5, 0.6) is 0 Å². The van der Waals surface area contributed by atoms with Crippen LogP contribution in [0.2, 0.25) is 0 Å². The number of rotatable bonds is 5. The highest BCUT2D eigenvalue weighted by atomic mass is 14.9. The smallest absolute Gasteiger partial charge is 0.00667 e. The molecule has 0 aromatic heterocycles. The summed E-state index contributed by atoms with van der Waals surface area (Å²) in [7, 11) is 2.11. The van der Waals surface area contributed by atoms with E-state index >= 15 is 0 Å². The third-order valence-corrected chi connectivity index (χ3v) is 3.71. The SMILES string of the molecule is CCCC(C)CC1CCCC(NC)C1. The predicted octanol–water partition coefficient (Wildman–Crippen LogP) is 3.59. The van der Waals surface area contributed by atoms with E-state index in [1.807, 2.05) is 0 Å². The topological polar surface area (TPSA) is 12.0 Å². The lowest BCUT2D eigenvalue weighted by Crippen LogP contribution is -2.31. The molecular weight excluding hydrogens is 170 g/mol. The van der Waals surface area contributed by atoms with Crippen molar-refractivity contribution in [2.45, 2.75) is 64.8 Å². The molecule has 0 saturated heterocycles. The van der Waals surface area contributed by atoms with Crippen molar-refractivity contribution >= 4 is 0 Å². The van der Waals surface area contributed by atoms with Gasteiger partial charge in [-0.05, 0) is 38.1 Å². The molecule has 1 heteroatoms. The van der Waals surface area contributed by atoms with Gasteiger partial charge < -0.3 is 5.32 Å². The van der Waals surface area contributed by atoms with Gasteiger partial charge in [0.05, 0.1) is 0 Å². The van der Waals surface area contributed by atoms with Crippen molar-refractivity contribution in [3.63, 3.8) is 0 Å². The zero-order valence-electron chi connectivity index (χ0n) is 10.2. The van der Waals surface area contributed by atoms with Gasteiger partial charge >= 0.3 is 0 Å². The van der Waals surface area contributed by atoms with Gasteiger partial charge in [0.25, 0.3) is 0 Å². The molecule has 0 heterocycles. The lowest BCUT2D eigenvalue weighted by Gasteiger charge is -2.30. The van der Waals surface area contributed by atoms with Crippen LogP contribution in [0.15, 0.2) is 0 Å². The zero-order chi connectivity index (χ0) is 10.4. The normalized spacial score (nSPS) is 30.2. The maximum Gasteiger partial charge on any atom is 0.00667 e. The second-order valence-electron chi connectivity index (χ2n) is 5.15. The zero-order valence-corrected chi connectivity index (χ0v) is 10.2. The molecule has 1 N–H and O–H groups in total. The van der Waals surface area contributed by atoms with E-state index in [2.05, 4.69) is 26.2 Å². The molecule has 1 nitrogen and oxygen atoms in total. The highest BCUT2D eigenvalue weighted by molar-refractivity contribution is 4.77. The van der Waals surface area contributed by atoms with Crippen LogP contribution in [0.4, 0.5) is 0 Å². The quantitative estimate of drug-likeness (QED) is 0.710. The maximum atomic E-state index is 3.44. The van der Waals surface area contributed by atoms with Crippen LogP contribution >= 0.6 is 0 Å². The molecule has 0 radical (unpaired) electrons. The van der Waals surface area contributed by atoms with Crippen molar-refractivity contribution in [2.24, 2.45) is 11.8 Å². The molecule has 1 rings (SSSR count). The minimum absolute atomic E-state index is 0.808. The van der Waals surface area contributed by atoms with Crippen molar-refractivity contribution in [2.75, 3.05) is 7.05 Å². The molecule has 3 atom stereocenters. The van der Waals surface area contributed by atoms with E-state index in [1.54, 1.807) is 0 Å². The Morgan fingerprint density at radius 2 is 2.14 bits per heavy atom. The number of hydrogen-bond acceptors (Lipinski definition) is 1. The molecule has 0 aliphatic heterocycles. The largest absolute Gasteiger partial charge is 0.317 e. The molecule has 0 bridgehead atoms. The second kappa shape index (κ2) is 6.44. The Labute approximate surface area is 89.7 Å². The van der Waals surface area contributed by atoms with Crippen molar-refractivity contribution in [1.82, 2.24) is 5.32 Å². The summed E-state index contributed by atoms with van der Waals surface area (Å²) >= 11 is 0. The van der Waals surface area contributed by atoms with Gasteiger partial charge in [-0.2, -0.15) is 0 Å². The highest BCUT2D eigenvalue weighted by Gasteiger charge is 2.21. The third-order valence-electron chi connectivity index (χ3n) is 3.71. The Balaban J connectivity index is 2.22. The molecular formula is C13H27N. The highest BCUT2D eigenvalue weighted by Crippen LogP contribution is 2.30. The fourth-order valence-electron chi connectivity index (χ4n) is 2.95. The Bertz CT molecular complexity index is 144. The minimum Gasteiger partial charge on any atom is -0.317 e. The van der Waals surface area contributed by atoms with Crippen LogP contribution < -0.4 is 5.32 Å². The minimum atomic E-state index is 0.808. The standard InChI is InChI=1S/C13H27N/c1-4-6-11(2)9-12-7-5-8-13(10-12)14-3/h11-14H,4-10H2,1-3H3. The van der Waals surface area contributed by atoms with Crippen LogP contribution in [0, 0.1) is 11.8 Å². The van der Waals surface area contributed by atoms with Crippen molar-refractivity contribution in [1.29, 1.82) is 0 Å². The Hall–Kier alpha value is -0.0400. The van der Waals surface area contributed by atoms with Crippen LogP contribution in [0.25, 0.3) is 0 Å². The summed E-state index contributed by atoms with van der Waals surface area (Å²) in [6.07, 6.45) is 9.97. The molecule has 1 fully saturated rings. The summed E-state index contributed by atoms with van der Waals surface area (Å²) in [6.45, 7) is 4.72. The van der Waals surface area contributed by atoms with Crippen LogP contribution in [-0.4, -0.2) is 13.1 Å². The first kappa shape index (κ1) is 12.0. The summed E-state index contributed by atoms with van der Waals surface area (Å²) in [6, 6.07) is 0.808. The number of hydrogen-bond donors (Lipinski definition) is 1. The van der Waals surface area contributed by atoms with Gasteiger partial charge in [0.1, 0.15) is 0 Å². The van der Waals surface area contributed by atoms with Gasteiger partial charge in [-0.25, -0.2) is 0 Å². The molecule has 1 saturated carbocycles. The average molecular weight is 197 g/mol. The van der Waals surface area contributed by atoms with Crippen molar-refractivity contribution in [3.8, 4) is 0 Å². The molecule has 14 heavy (non-hydrogen) atoms. The van der Waals surface area contributed by atoms with Crippen molar-refractivity contribution in [3.05, 3.63) is 0 Å². The molecule has 1 aliphatic carbocycles. The van der Waals surface area contributed by atoms with Gasteiger partial charge in [0.2, 0.25) is 0 Å². The van der Waals surface area contributed by atoms with E-state index in [-0.39, 0.29) is 0 Å². The van der Waals surface area contributed by atoms with E-state index in [1.165, 1.54) is 44.9 Å². The molecule has 84 valence electrons. The van der Waals surface area contributed by atoms with Gasteiger partial charge in [-0.1, -0.05) is 39.5 Å². The molecule has 3 unspecified atom stereocenters. The Kier molecular flexibility index (Phi) is 5.54. The third kappa shape index (κ3) is 4.00. The van der Waals surface area contributed by atoms with E-state index < -0.39 is 0 Å². The monoisotopic (exact) mass is 197 g/mol. The fourth-order valence-corrected chi connectivity index (χ4v) is 2.95. The molecule has 1 aliphatic rings. The van der Waals surface area contributed by atoms with E-state index in [9.17, 15) is 0 Å². The summed E-state index contributed by atoms with van der Waals surface area (Å²) in [4.78, 5) is 0. The van der Waals surface area contributed by atoms with Gasteiger partial charge in [0.15, 0.2) is 0 Å². The van der Waals surface area contributed by atoms with Gasteiger partial charge in [-0.3, -0.25) is 0 Å². The van der Waals surface area contributed by atoms with Crippen LogP contribution in [-0.2, 0) is 0 Å². The molecule has 0 aromatic rings. The van der Waals surface area contributed by atoms with E-state index in [0.717, 1.165) is 17.9 Å². The molecule has 0 spiro atoms. The predicted molar refractivity (Wildman–Crippen MR) is 63.5 cm³/mol.